The van der Waals surface area contributed by atoms with Crippen LogP contribution >= 0.6 is 23.2 Å². The second-order valence-electron chi connectivity index (χ2n) is 4.80. The first kappa shape index (κ1) is 16.1. The maximum atomic E-state index is 13.0. The minimum atomic E-state index is -0.658. The molecule has 3 nitrogen and oxygen atoms in total. The number of methoxy groups -OCH3 is 1. The number of halogens is 3. The lowest BCUT2D eigenvalue weighted by Gasteiger charge is -2.25. The van der Waals surface area contributed by atoms with Gasteiger partial charge in [-0.05, 0) is 31.0 Å². The highest BCUT2D eigenvalue weighted by molar-refractivity contribution is 6.37. The fraction of sp³-hybridized carbons (Fsp3) is 0.333. The molecule has 0 fully saturated rings. The molecule has 0 bridgehead atoms. The molecule has 1 unspecified atom stereocenters. The molecule has 1 aromatic carbocycles. The van der Waals surface area contributed by atoms with Crippen LogP contribution in [0.4, 0.5) is 4.39 Å². The predicted octanol–water partition coefficient (Wildman–Crippen LogP) is 4.86. The van der Waals surface area contributed by atoms with E-state index in [2.05, 4.69) is 9.97 Å². The van der Waals surface area contributed by atoms with Crippen LogP contribution in [0.2, 0.25) is 10.3 Å². The molecule has 2 rings (SSSR count). The highest BCUT2D eigenvalue weighted by Gasteiger charge is 2.29. The van der Waals surface area contributed by atoms with Gasteiger partial charge >= 0.3 is 0 Å². The molecule has 0 aliphatic heterocycles. The van der Waals surface area contributed by atoms with Gasteiger partial charge in [-0.25, -0.2) is 14.4 Å². The lowest BCUT2D eigenvalue weighted by Crippen LogP contribution is -2.26. The summed E-state index contributed by atoms with van der Waals surface area (Å²) in [5.41, 5.74) is 0.486. The maximum absolute atomic E-state index is 13.0. The zero-order chi connectivity index (χ0) is 15.6. The Morgan fingerprint density at radius 2 is 1.67 bits per heavy atom. The number of benzene rings is 1. The monoisotopic (exact) mass is 328 g/mol. The Bertz CT molecular complexity index is 620. The minimum Gasteiger partial charge on any atom is -0.371 e. The summed E-state index contributed by atoms with van der Waals surface area (Å²) in [6.07, 6.45) is 0.673. The molecular formula is C15H15Cl2FN2O. The molecule has 1 aromatic heterocycles. The molecule has 1 heterocycles. The average Bonchev–Trinajstić information content (AvgIpc) is 2.47. The van der Waals surface area contributed by atoms with Gasteiger partial charge in [0.25, 0.3) is 0 Å². The van der Waals surface area contributed by atoms with E-state index in [1.54, 1.807) is 19.2 Å². The van der Waals surface area contributed by atoms with Crippen molar-refractivity contribution in [3.05, 3.63) is 46.2 Å². The van der Waals surface area contributed by atoms with Crippen molar-refractivity contribution in [2.75, 3.05) is 7.11 Å². The maximum Gasteiger partial charge on any atom is 0.163 e. The smallest absolute Gasteiger partial charge is 0.163 e. The van der Waals surface area contributed by atoms with Crippen molar-refractivity contribution in [2.24, 2.45) is 0 Å². The van der Waals surface area contributed by atoms with Gasteiger partial charge in [-0.15, -0.1) is 0 Å². The summed E-state index contributed by atoms with van der Waals surface area (Å²) in [5, 5.41) is 0.432. The Labute approximate surface area is 133 Å². The van der Waals surface area contributed by atoms with Crippen LogP contribution in [-0.2, 0) is 10.3 Å². The van der Waals surface area contributed by atoms with Gasteiger partial charge in [0.05, 0.1) is 5.56 Å². The van der Waals surface area contributed by atoms with E-state index in [0.29, 0.717) is 23.4 Å². The molecule has 0 radical (unpaired) electrons. The number of rotatable bonds is 4. The Morgan fingerprint density at radius 3 is 2.10 bits per heavy atom. The molecule has 21 heavy (non-hydrogen) atoms. The van der Waals surface area contributed by atoms with Crippen LogP contribution < -0.4 is 0 Å². The Balaban J connectivity index is 2.54. The largest absolute Gasteiger partial charge is 0.371 e. The molecule has 0 N–H and O–H groups in total. The van der Waals surface area contributed by atoms with Gasteiger partial charge in [-0.2, -0.15) is 0 Å². The van der Waals surface area contributed by atoms with E-state index in [1.807, 2.05) is 13.8 Å². The van der Waals surface area contributed by atoms with Crippen LogP contribution in [0.5, 0.6) is 0 Å². The van der Waals surface area contributed by atoms with E-state index in [0.717, 1.165) is 0 Å². The van der Waals surface area contributed by atoms with Crippen LogP contribution in [0.25, 0.3) is 11.1 Å². The zero-order valence-electron chi connectivity index (χ0n) is 12.0. The minimum absolute atomic E-state index is 0.216. The third-order valence-corrected chi connectivity index (χ3v) is 4.10. The fourth-order valence-corrected chi connectivity index (χ4v) is 2.50. The highest BCUT2D eigenvalue weighted by atomic mass is 35.5. The standard InChI is InChI=1S/C15H15Cl2FN2O/c1-4-15(2,21-3)14-19-12(16)11(13(17)20-14)9-5-7-10(18)8-6-9/h5-8H,4H2,1-3H3. The van der Waals surface area contributed by atoms with E-state index in [-0.39, 0.29) is 16.1 Å². The molecule has 2 aromatic rings. The average molecular weight is 329 g/mol. The van der Waals surface area contributed by atoms with Gasteiger partial charge in [-0.1, -0.05) is 42.3 Å². The number of hydrogen-bond donors (Lipinski definition) is 0. The molecule has 6 heteroatoms. The molecular weight excluding hydrogens is 314 g/mol. The summed E-state index contributed by atoms with van der Waals surface area (Å²) in [7, 11) is 1.59. The molecule has 0 saturated carbocycles. The predicted molar refractivity (Wildman–Crippen MR) is 82.1 cm³/mol. The normalized spacial score (nSPS) is 14.0. The first-order valence-electron chi connectivity index (χ1n) is 6.46. The molecule has 112 valence electrons. The van der Waals surface area contributed by atoms with Crippen molar-refractivity contribution in [1.82, 2.24) is 9.97 Å². The molecule has 0 saturated heterocycles. The van der Waals surface area contributed by atoms with Crippen LogP contribution in [-0.4, -0.2) is 17.1 Å². The second-order valence-corrected chi connectivity index (χ2v) is 5.52. The molecule has 0 amide bonds. The summed E-state index contributed by atoms with van der Waals surface area (Å²) in [6, 6.07) is 5.84. The number of aromatic nitrogens is 2. The van der Waals surface area contributed by atoms with Gasteiger partial charge in [0, 0.05) is 7.11 Å². The van der Waals surface area contributed by atoms with E-state index >= 15 is 0 Å². The van der Waals surface area contributed by atoms with Crippen molar-refractivity contribution in [3.63, 3.8) is 0 Å². The van der Waals surface area contributed by atoms with Crippen molar-refractivity contribution >= 4 is 23.2 Å². The van der Waals surface area contributed by atoms with E-state index < -0.39 is 5.60 Å². The van der Waals surface area contributed by atoms with Crippen LogP contribution in [0.1, 0.15) is 26.1 Å². The van der Waals surface area contributed by atoms with Gasteiger partial charge in [-0.3, -0.25) is 0 Å². The summed E-state index contributed by atoms with van der Waals surface area (Å²) in [6.45, 7) is 3.83. The first-order chi connectivity index (χ1) is 9.91. The zero-order valence-corrected chi connectivity index (χ0v) is 13.5. The van der Waals surface area contributed by atoms with Gasteiger partial charge in [0.15, 0.2) is 5.82 Å². The summed E-state index contributed by atoms with van der Waals surface area (Å²) < 4.78 is 18.5. The van der Waals surface area contributed by atoms with Crippen LogP contribution in [0.15, 0.2) is 24.3 Å². The number of ether oxygens (including phenoxy) is 1. The lowest BCUT2D eigenvalue weighted by molar-refractivity contribution is -0.00894. The van der Waals surface area contributed by atoms with Crippen LogP contribution in [0, 0.1) is 5.82 Å². The Kier molecular flexibility index (Phi) is 4.81. The van der Waals surface area contributed by atoms with Crippen molar-refractivity contribution in [3.8, 4) is 11.1 Å². The second kappa shape index (κ2) is 6.26. The quantitative estimate of drug-likeness (QED) is 0.751. The third-order valence-electron chi connectivity index (χ3n) is 3.55. The summed E-state index contributed by atoms with van der Waals surface area (Å²) in [4.78, 5) is 8.60. The lowest BCUT2D eigenvalue weighted by atomic mass is 10.0. The number of hydrogen-bond acceptors (Lipinski definition) is 3. The first-order valence-corrected chi connectivity index (χ1v) is 7.21. The third kappa shape index (κ3) is 3.18. The topological polar surface area (TPSA) is 35.0 Å². The van der Waals surface area contributed by atoms with Crippen LogP contribution in [0.3, 0.4) is 0 Å². The van der Waals surface area contributed by atoms with Gasteiger partial charge in [0.2, 0.25) is 0 Å². The Morgan fingerprint density at radius 1 is 1.14 bits per heavy atom. The van der Waals surface area contributed by atoms with Gasteiger partial charge < -0.3 is 4.74 Å². The van der Waals surface area contributed by atoms with E-state index in [9.17, 15) is 4.39 Å². The molecule has 0 aliphatic rings. The van der Waals surface area contributed by atoms with Crippen molar-refractivity contribution in [1.29, 1.82) is 0 Å². The van der Waals surface area contributed by atoms with E-state index in [1.165, 1.54) is 12.1 Å². The van der Waals surface area contributed by atoms with E-state index in [4.69, 9.17) is 27.9 Å². The van der Waals surface area contributed by atoms with Crippen molar-refractivity contribution in [2.45, 2.75) is 25.9 Å². The fourth-order valence-electron chi connectivity index (χ4n) is 1.89. The SMILES string of the molecule is CCC(C)(OC)c1nc(Cl)c(-c2ccc(F)cc2)c(Cl)n1. The van der Waals surface area contributed by atoms with Gasteiger partial charge in [0.1, 0.15) is 21.7 Å². The molecule has 0 spiro atoms. The number of nitrogens with zero attached hydrogens (tertiary/aromatic N) is 2. The van der Waals surface area contributed by atoms with Crippen molar-refractivity contribution < 1.29 is 9.13 Å². The Hall–Kier alpha value is -1.23. The summed E-state index contributed by atoms with van der Waals surface area (Å²) >= 11 is 12.5. The molecule has 1 atom stereocenters. The highest BCUT2D eigenvalue weighted by Crippen LogP contribution is 2.35. The summed E-state index contributed by atoms with van der Waals surface area (Å²) in [5.74, 6) is 0.0924. The molecule has 0 aliphatic carbocycles.